The number of rotatable bonds is 6. The molecule has 0 amide bonds. The van der Waals surface area contributed by atoms with Crippen LogP contribution in [-0.2, 0) is 6.54 Å². The van der Waals surface area contributed by atoms with Gasteiger partial charge in [0, 0.05) is 29.2 Å². The molecule has 1 saturated heterocycles. The third kappa shape index (κ3) is 4.35. The molecule has 0 radical (unpaired) electrons. The van der Waals surface area contributed by atoms with E-state index in [2.05, 4.69) is 17.1 Å². The molecule has 1 atom stereocenters. The van der Waals surface area contributed by atoms with E-state index in [1.54, 1.807) is 0 Å². The SMILES string of the molecule is CCCNCC1CCCN1Cc1ccc(Cl)cc1Cl. The van der Waals surface area contributed by atoms with Gasteiger partial charge in [0.15, 0.2) is 0 Å². The highest BCUT2D eigenvalue weighted by molar-refractivity contribution is 6.35. The summed E-state index contributed by atoms with van der Waals surface area (Å²) >= 11 is 12.2. The second-order valence-corrected chi connectivity index (χ2v) is 6.05. The van der Waals surface area contributed by atoms with Gasteiger partial charge in [0.1, 0.15) is 0 Å². The van der Waals surface area contributed by atoms with E-state index >= 15 is 0 Å². The molecule has 1 aliphatic rings. The molecule has 0 aliphatic carbocycles. The van der Waals surface area contributed by atoms with Crippen molar-refractivity contribution in [2.24, 2.45) is 0 Å². The molecule has 1 aromatic carbocycles. The summed E-state index contributed by atoms with van der Waals surface area (Å²) in [5.41, 5.74) is 1.17. The number of nitrogens with one attached hydrogen (secondary N) is 1. The monoisotopic (exact) mass is 300 g/mol. The van der Waals surface area contributed by atoms with Gasteiger partial charge in [-0.2, -0.15) is 0 Å². The van der Waals surface area contributed by atoms with E-state index in [1.807, 2.05) is 18.2 Å². The molecule has 1 aliphatic heterocycles. The van der Waals surface area contributed by atoms with Crippen LogP contribution in [0, 0.1) is 0 Å². The van der Waals surface area contributed by atoms with Gasteiger partial charge in [0.2, 0.25) is 0 Å². The molecule has 0 spiro atoms. The third-order valence-corrected chi connectivity index (χ3v) is 4.28. The third-order valence-electron chi connectivity index (χ3n) is 3.69. The fourth-order valence-corrected chi connectivity index (χ4v) is 3.12. The van der Waals surface area contributed by atoms with E-state index in [1.165, 1.54) is 24.8 Å². The zero-order valence-corrected chi connectivity index (χ0v) is 13.0. The minimum atomic E-state index is 0.637. The van der Waals surface area contributed by atoms with Gasteiger partial charge in [-0.15, -0.1) is 0 Å². The number of benzene rings is 1. The standard InChI is InChI=1S/C15H22Cl2N2/c1-2-7-18-10-14-4-3-8-19(14)11-12-5-6-13(16)9-15(12)17/h5-6,9,14,18H,2-4,7-8,10-11H2,1H3. The topological polar surface area (TPSA) is 15.3 Å². The molecule has 4 heteroatoms. The van der Waals surface area contributed by atoms with Crippen LogP contribution in [0.2, 0.25) is 10.0 Å². The lowest BCUT2D eigenvalue weighted by Crippen LogP contribution is -2.37. The van der Waals surface area contributed by atoms with E-state index in [-0.39, 0.29) is 0 Å². The van der Waals surface area contributed by atoms with Crippen molar-refractivity contribution in [2.45, 2.75) is 38.8 Å². The Morgan fingerprint density at radius 2 is 2.21 bits per heavy atom. The predicted molar refractivity (Wildman–Crippen MR) is 83.1 cm³/mol. The lowest BCUT2D eigenvalue weighted by molar-refractivity contribution is 0.239. The zero-order valence-electron chi connectivity index (χ0n) is 11.5. The lowest BCUT2D eigenvalue weighted by Gasteiger charge is -2.25. The van der Waals surface area contributed by atoms with Crippen molar-refractivity contribution in [1.82, 2.24) is 10.2 Å². The van der Waals surface area contributed by atoms with Gasteiger partial charge in [-0.3, -0.25) is 4.90 Å². The number of halogens is 2. The predicted octanol–water partition coefficient (Wildman–Crippen LogP) is 3.96. The van der Waals surface area contributed by atoms with Crippen molar-refractivity contribution < 1.29 is 0 Å². The number of hydrogen-bond donors (Lipinski definition) is 1. The fraction of sp³-hybridized carbons (Fsp3) is 0.600. The maximum Gasteiger partial charge on any atom is 0.0465 e. The largest absolute Gasteiger partial charge is 0.315 e. The van der Waals surface area contributed by atoms with Crippen LogP contribution < -0.4 is 5.32 Å². The maximum atomic E-state index is 6.26. The van der Waals surface area contributed by atoms with Crippen LogP contribution in [0.25, 0.3) is 0 Å². The Morgan fingerprint density at radius 1 is 1.37 bits per heavy atom. The number of likely N-dealkylation sites (tertiary alicyclic amines) is 1. The van der Waals surface area contributed by atoms with E-state index in [9.17, 15) is 0 Å². The van der Waals surface area contributed by atoms with Crippen molar-refractivity contribution in [2.75, 3.05) is 19.6 Å². The van der Waals surface area contributed by atoms with Gasteiger partial charge in [-0.05, 0) is 50.0 Å². The van der Waals surface area contributed by atoms with Crippen molar-refractivity contribution in [3.05, 3.63) is 33.8 Å². The first-order valence-electron chi connectivity index (χ1n) is 7.09. The van der Waals surface area contributed by atoms with Gasteiger partial charge >= 0.3 is 0 Å². The molecular weight excluding hydrogens is 279 g/mol. The smallest absolute Gasteiger partial charge is 0.0465 e. The Labute approximate surface area is 126 Å². The van der Waals surface area contributed by atoms with Gasteiger partial charge in [-0.1, -0.05) is 36.2 Å². The fourth-order valence-electron chi connectivity index (χ4n) is 2.65. The number of hydrogen-bond acceptors (Lipinski definition) is 2. The number of nitrogens with zero attached hydrogens (tertiary/aromatic N) is 1. The summed E-state index contributed by atoms with van der Waals surface area (Å²) < 4.78 is 0. The van der Waals surface area contributed by atoms with Crippen LogP contribution in [0.5, 0.6) is 0 Å². The Bertz CT molecular complexity index is 409. The van der Waals surface area contributed by atoms with E-state index < -0.39 is 0 Å². The molecule has 1 aromatic rings. The first-order chi connectivity index (χ1) is 9.20. The van der Waals surface area contributed by atoms with Crippen LogP contribution in [0.3, 0.4) is 0 Å². The summed E-state index contributed by atoms with van der Waals surface area (Å²) in [5, 5.41) is 5.00. The van der Waals surface area contributed by atoms with Crippen molar-refractivity contribution >= 4 is 23.2 Å². The highest BCUT2D eigenvalue weighted by atomic mass is 35.5. The Kier molecular flexibility index (Phi) is 5.96. The molecule has 1 unspecified atom stereocenters. The first kappa shape index (κ1) is 15.1. The molecule has 0 saturated carbocycles. The van der Waals surface area contributed by atoms with Crippen molar-refractivity contribution in [3.8, 4) is 0 Å². The maximum absolute atomic E-state index is 6.26. The Balaban J connectivity index is 1.93. The second-order valence-electron chi connectivity index (χ2n) is 5.21. The zero-order chi connectivity index (χ0) is 13.7. The normalized spacial score (nSPS) is 20.1. The summed E-state index contributed by atoms with van der Waals surface area (Å²) in [6, 6.07) is 6.43. The van der Waals surface area contributed by atoms with Crippen LogP contribution >= 0.6 is 23.2 Å². The first-order valence-corrected chi connectivity index (χ1v) is 7.85. The van der Waals surface area contributed by atoms with Gasteiger partial charge in [0.25, 0.3) is 0 Å². The molecule has 106 valence electrons. The molecule has 1 heterocycles. The minimum absolute atomic E-state index is 0.637. The quantitative estimate of drug-likeness (QED) is 0.800. The van der Waals surface area contributed by atoms with Crippen molar-refractivity contribution in [3.63, 3.8) is 0 Å². The van der Waals surface area contributed by atoms with Crippen molar-refractivity contribution in [1.29, 1.82) is 0 Å². The summed E-state index contributed by atoms with van der Waals surface area (Å²) in [6.45, 7) is 6.48. The summed E-state index contributed by atoms with van der Waals surface area (Å²) in [5.74, 6) is 0. The Morgan fingerprint density at radius 3 is 2.95 bits per heavy atom. The molecule has 0 bridgehead atoms. The summed E-state index contributed by atoms with van der Waals surface area (Å²) in [6.07, 6.45) is 3.75. The molecular formula is C15H22Cl2N2. The highest BCUT2D eigenvalue weighted by Crippen LogP contribution is 2.25. The average molecular weight is 301 g/mol. The van der Waals surface area contributed by atoms with E-state index in [0.717, 1.165) is 31.2 Å². The van der Waals surface area contributed by atoms with Gasteiger partial charge < -0.3 is 5.32 Å². The highest BCUT2D eigenvalue weighted by Gasteiger charge is 2.24. The van der Waals surface area contributed by atoms with E-state index in [4.69, 9.17) is 23.2 Å². The van der Waals surface area contributed by atoms with E-state index in [0.29, 0.717) is 11.1 Å². The van der Waals surface area contributed by atoms with Gasteiger partial charge in [-0.25, -0.2) is 0 Å². The van der Waals surface area contributed by atoms with Crippen LogP contribution in [0.15, 0.2) is 18.2 Å². The molecule has 1 N–H and O–H groups in total. The molecule has 2 nitrogen and oxygen atoms in total. The summed E-state index contributed by atoms with van der Waals surface area (Å²) in [4.78, 5) is 2.53. The lowest BCUT2D eigenvalue weighted by atomic mass is 10.1. The summed E-state index contributed by atoms with van der Waals surface area (Å²) in [7, 11) is 0. The van der Waals surface area contributed by atoms with Crippen LogP contribution in [0.1, 0.15) is 31.7 Å². The molecule has 2 rings (SSSR count). The second kappa shape index (κ2) is 7.49. The minimum Gasteiger partial charge on any atom is -0.315 e. The molecule has 0 aromatic heterocycles. The Hall–Kier alpha value is -0.280. The molecule has 19 heavy (non-hydrogen) atoms. The molecule has 1 fully saturated rings. The van der Waals surface area contributed by atoms with Crippen LogP contribution in [0.4, 0.5) is 0 Å². The van der Waals surface area contributed by atoms with Crippen LogP contribution in [-0.4, -0.2) is 30.6 Å². The van der Waals surface area contributed by atoms with Gasteiger partial charge in [0.05, 0.1) is 0 Å². The average Bonchev–Trinajstić information content (AvgIpc) is 2.81.